The van der Waals surface area contributed by atoms with E-state index >= 15 is 0 Å². The molecule has 2 nitrogen and oxygen atoms in total. The van der Waals surface area contributed by atoms with Crippen LogP contribution in [0.25, 0.3) is 0 Å². The van der Waals surface area contributed by atoms with Gasteiger partial charge in [0.2, 0.25) is 0 Å². The molecule has 0 saturated carbocycles. The van der Waals surface area contributed by atoms with Crippen LogP contribution in [0.3, 0.4) is 0 Å². The van der Waals surface area contributed by atoms with Crippen LogP contribution in [0.5, 0.6) is 0 Å². The fourth-order valence-electron chi connectivity index (χ4n) is 0.861. The lowest BCUT2D eigenvalue weighted by molar-refractivity contribution is 0.536. The molecule has 0 aliphatic heterocycles. The van der Waals surface area contributed by atoms with Crippen LogP contribution in [0, 0.1) is 0 Å². The number of hydrogen-bond donors (Lipinski definition) is 0. The molecule has 0 saturated heterocycles. The molecule has 0 bridgehead atoms. The maximum Gasteiger partial charge on any atom is 0.0353 e. The number of rotatable bonds is 3. The summed E-state index contributed by atoms with van der Waals surface area (Å²) < 4.78 is 20.6. The Morgan fingerprint density at radius 3 is 2.17 bits per heavy atom. The van der Waals surface area contributed by atoms with E-state index in [2.05, 4.69) is 15.9 Å². The van der Waals surface area contributed by atoms with E-state index in [1.54, 1.807) is 0 Å². The van der Waals surface area contributed by atoms with E-state index in [0.717, 1.165) is 16.5 Å². The number of alkyl halides is 1. The van der Waals surface area contributed by atoms with E-state index in [-0.39, 0.29) is 5.75 Å². The highest BCUT2D eigenvalue weighted by Crippen LogP contribution is 2.08. The van der Waals surface area contributed by atoms with Crippen molar-refractivity contribution in [2.75, 3.05) is 0 Å². The molecule has 66 valence electrons. The number of hydrogen-bond acceptors (Lipinski definition) is 2. The first-order chi connectivity index (χ1) is 5.72. The lowest BCUT2D eigenvalue weighted by Crippen LogP contribution is -1.92. The Bertz CT molecular complexity index is 271. The second kappa shape index (κ2) is 4.74. The van der Waals surface area contributed by atoms with Gasteiger partial charge in [0.05, 0.1) is 0 Å². The second-order valence-electron chi connectivity index (χ2n) is 2.40. The highest BCUT2D eigenvalue weighted by Gasteiger charge is 1.92. The summed E-state index contributed by atoms with van der Waals surface area (Å²) in [6, 6.07) is 7.48. The summed E-state index contributed by atoms with van der Waals surface area (Å²) in [6.07, 6.45) is 0. The van der Waals surface area contributed by atoms with Gasteiger partial charge < -0.3 is 4.55 Å². The number of halogens is 1. The molecule has 0 radical (unpaired) electrons. The van der Waals surface area contributed by atoms with Crippen molar-refractivity contribution < 1.29 is 8.76 Å². The van der Waals surface area contributed by atoms with Gasteiger partial charge in [0.25, 0.3) is 0 Å². The molecule has 0 heterocycles. The van der Waals surface area contributed by atoms with Gasteiger partial charge in [0, 0.05) is 11.1 Å². The zero-order valence-corrected chi connectivity index (χ0v) is 8.73. The van der Waals surface area contributed by atoms with Crippen LogP contribution in [0.4, 0.5) is 0 Å². The lowest BCUT2D eigenvalue weighted by Gasteiger charge is -2.04. The van der Waals surface area contributed by atoms with Crippen molar-refractivity contribution in [2.45, 2.75) is 11.1 Å². The summed E-state index contributed by atoms with van der Waals surface area (Å²) in [7, 11) is 0. The summed E-state index contributed by atoms with van der Waals surface area (Å²) in [5, 5.41) is 0.799. The van der Waals surface area contributed by atoms with Crippen LogP contribution < -0.4 is 0 Å². The molecule has 0 aromatic heterocycles. The highest BCUT2D eigenvalue weighted by atomic mass is 79.9. The van der Waals surface area contributed by atoms with Gasteiger partial charge in [-0.1, -0.05) is 51.3 Å². The van der Waals surface area contributed by atoms with Gasteiger partial charge in [-0.15, -0.1) is 0 Å². The summed E-state index contributed by atoms with van der Waals surface area (Å²) in [6.45, 7) is 0. The molecule has 0 N–H and O–H groups in total. The van der Waals surface area contributed by atoms with Gasteiger partial charge >= 0.3 is 0 Å². The molecule has 1 aromatic rings. The first-order valence-electron chi connectivity index (χ1n) is 3.42. The van der Waals surface area contributed by atoms with Crippen molar-refractivity contribution in [3.63, 3.8) is 0 Å². The number of benzene rings is 1. The van der Waals surface area contributed by atoms with Crippen LogP contribution in [-0.2, 0) is 22.2 Å². The Labute approximate surface area is 82.4 Å². The minimum atomic E-state index is -1.99. The summed E-state index contributed by atoms with van der Waals surface area (Å²) in [5.41, 5.74) is 1.98. The van der Waals surface area contributed by atoms with E-state index in [1.807, 2.05) is 24.3 Å². The zero-order chi connectivity index (χ0) is 8.97. The van der Waals surface area contributed by atoms with Crippen molar-refractivity contribution in [2.24, 2.45) is 0 Å². The van der Waals surface area contributed by atoms with Gasteiger partial charge in [-0.3, -0.25) is 4.21 Å². The Balaban J connectivity index is 2.71. The molecule has 0 spiro atoms. The molecule has 0 fully saturated rings. The second-order valence-corrected chi connectivity index (χ2v) is 3.86. The average Bonchev–Trinajstić information content (AvgIpc) is 2.05. The Kier molecular flexibility index (Phi) is 3.91. The molecular formula is C8H8BrO2S-. The third kappa shape index (κ3) is 3.05. The molecule has 1 unspecified atom stereocenters. The molecule has 4 heteroatoms. The maximum absolute atomic E-state index is 10.3. The van der Waals surface area contributed by atoms with Crippen molar-refractivity contribution in [3.8, 4) is 0 Å². The van der Waals surface area contributed by atoms with Crippen molar-refractivity contribution in [3.05, 3.63) is 35.4 Å². The highest BCUT2D eigenvalue weighted by molar-refractivity contribution is 9.08. The molecule has 0 aliphatic rings. The van der Waals surface area contributed by atoms with E-state index in [0.29, 0.717) is 0 Å². The van der Waals surface area contributed by atoms with Gasteiger partial charge in [0.1, 0.15) is 0 Å². The third-order valence-corrected chi connectivity index (χ3v) is 2.68. The predicted molar refractivity (Wildman–Crippen MR) is 51.7 cm³/mol. The summed E-state index contributed by atoms with van der Waals surface area (Å²) >= 11 is 1.32. The minimum Gasteiger partial charge on any atom is -0.772 e. The molecule has 12 heavy (non-hydrogen) atoms. The van der Waals surface area contributed by atoms with Gasteiger partial charge in [-0.2, -0.15) is 0 Å². The fourth-order valence-corrected chi connectivity index (χ4v) is 1.70. The zero-order valence-electron chi connectivity index (χ0n) is 6.33. The van der Waals surface area contributed by atoms with Crippen LogP contribution in [-0.4, -0.2) is 8.76 Å². The van der Waals surface area contributed by atoms with Crippen LogP contribution in [0.1, 0.15) is 11.1 Å². The Hall–Kier alpha value is -0.190. The normalized spacial score (nSPS) is 12.8. The van der Waals surface area contributed by atoms with Gasteiger partial charge in [0.15, 0.2) is 0 Å². The first-order valence-corrected chi connectivity index (χ1v) is 5.78. The topological polar surface area (TPSA) is 40.1 Å². The maximum atomic E-state index is 10.3. The SMILES string of the molecule is O=S([O-])Cc1ccc(CBr)cc1. The summed E-state index contributed by atoms with van der Waals surface area (Å²) in [4.78, 5) is 0. The van der Waals surface area contributed by atoms with E-state index in [9.17, 15) is 8.76 Å². The Morgan fingerprint density at radius 1 is 1.25 bits per heavy atom. The van der Waals surface area contributed by atoms with Crippen LogP contribution >= 0.6 is 15.9 Å². The molecular weight excluding hydrogens is 240 g/mol. The summed E-state index contributed by atoms with van der Waals surface area (Å²) in [5.74, 6) is 0.0998. The quantitative estimate of drug-likeness (QED) is 0.606. The van der Waals surface area contributed by atoms with Crippen LogP contribution in [0.15, 0.2) is 24.3 Å². The molecule has 1 aromatic carbocycles. The van der Waals surface area contributed by atoms with Gasteiger partial charge in [-0.25, -0.2) is 0 Å². The third-order valence-electron chi connectivity index (χ3n) is 1.46. The first kappa shape index (κ1) is 9.89. The fraction of sp³-hybridized carbons (Fsp3) is 0.250. The van der Waals surface area contributed by atoms with Crippen molar-refractivity contribution in [1.82, 2.24) is 0 Å². The largest absolute Gasteiger partial charge is 0.772 e. The van der Waals surface area contributed by atoms with E-state index in [4.69, 9.17) is 0 Å². The molecule has 1 rings (SSSR count). The van der Waals surface area contributed by atoms with Crippen LogP contribution in [0.2, 0.25) is 0 Å². The van der Waals surface area contributed by atoms with E-state index < -0.39 is 11.1 Å². The van der Waals surface area contributed by atoms with E-state index in [1.165, 1.54) is 0 Å². The lowest BCUT2D eigenvalue weighted by atomic mass is 10.2. The molecule has 0 amide bonds. The smallest absolute Gasteiger partial charge is 0.0353 e. The average molecular weight is 248 g/mol. The molecule has 1 atom stereocenters. The molecule has 0 aliphatic carbocycles. The predicted octanol–water partition coefficient (Wildman–Crippen LogP) is 1.96. The van der Waals surface area contributed by atoms with Crippen molar-refractivity contribution in [1.29, 1.82) is 0 Å². The van der Waals surface area contributed by atoms with Gasteiger partial charge in [-0.05, 0) is 11.1 Å². The Morgan fingerprint density at radius 2 is 1.75 bits per heavy atom. The standard InChI is InChI=1S/C8H9BrO2S/c9-5-7-1-3-8(4-2-7)6-12(10)11/h1-4H,5-6H2,(H,10,11)/p-1. The monoisotopic (exact) mass is 247 g/mol. The van der Waals surface area contributed by atoms with Crippen molar-refractivity contribution >= 4 is 27.0 Å². The minimum absolute atomic E-state index is 0.0998.